The number of aromatic amines is 1. The predicted octanol–water partition coefficient (Wildman–Crippen LogP) is 3.86. The average molecular weight is 499 g/mol. The van der Waals surface area contributed by atoms with E-state index in [0.717, 1.165) is 56.8 Å². The van der Waals surface area contributed by atoms with Crippen molar-refractivity contribution >= 4 is 22.3 Å². The largest absolute Gasteiger partial charge is 0.493 e. The van der Waals surface area contributed by atoms with Gasteiger partial charge in [-0.15, -0.1) is 0 Å². The van der Waals surface area contributed by atoms with Crippen molar-refractivity contribution < 1.29 is 4.74 Å². The Morgan fingerprint density at radius 2 is 1.57 bits per heavy atom. The van der Waals surface area contributed by atoms with Crippen LogP contribution in [0, 0.1) is 0 Å². The molecule has 3 aromatic carbocycles. The standard InChI is InChI=1S/C29H34N6O2/c1-2-14-37-27-9-8-21(19-35-12-10-34(11-13-35)18-20-6-4-3-5-7-20)15-23(27)28-32-26-17-25(31)24(30)16-22(26)29(36)33-28/h3-9,15-17H,2,10-14,18-19,30-31H2,1H3,(H,32,33,36). The summed E-state index contributed by atoms with van der Waals surface area (Å²) in [6.07, 6.45) is 0.881. The third-order valence-electron chi connectivity index (χ3n) is 6.79. The maximum atomic E-state index is 12.9. The summed E-state index contributed by atoms with van der Waals surface area (Å²) >= 11 is 0. The van der Waals surface area contributed by atoms with Gasteiger partial charge in [0.15, 0.2) is 0 Å². The average Bonchev–Trinajstić information content (AvgIpc) is 2.90. The van der Waals surface area contributed by atoms with Gasteiger partial charge >= 0.3 is 0 Å². The Bertz CT molecular complexity index is 1430. The number of anilines is 2. The van der Waals surface area contributed by atoms with Gasteiger partial charge in [-0.3, -0.25) is 14.6 Å². The topological polar surface area (TPSA) is 114 Å². The first kappa shape index (κ1) is 24.8. The van der Waals surface area contributed by atoms with E-state index in [2.05, 4.69) is 64.2 Å². The van der Waals surface area contributed by atoms with E-state index in [1.54, 1.807) is 12.1 Å². The Labute approximate surface area is 216 Å². The summed E-state index contributed by atoms with van der Waals surface area (Å²) in [6.45, 7) is 8.52. The second-order valence-electron chi connectivity index (χ2n) is 9.63. The SMILES string of the molecule is CCCOc1ccc(CN2CCN(Cc3ccccc3)CC2)cc1-c1nc2cc(N)c(N)cc2c(=O)[nH]1. The van der Waals surface area contributed by atoms with Crippen LogP contribution in [0.2, 0.25) is 0 Å². The number of rotatable bonds is 8. The highest BCUT2D eigenvalue weighted by Gasteiger charge is 2.19. The smallest absolute Gasteiger partial charge is 0.259 e. The van der Waals surface area contributed by atoms with E-state index >= 15 is 0 Å². The maximum absolute atomic E-state index is 12.9. The highest BCUT2D eigenvalue weighted by molar-refractivity contribution is 5.88. The van der Waals surface area contributed by atoms with E-state index in [4.69, 9.17) is 21.2 Å². The summed E-state index contributed by atoms with van der Waals surface area (Å²) < 4.78 is 6.02. The number of H-pyrrole nitrogens is 1. The van der Waals surface area contributed by atoms with Crippen molar-refractivity contribution in [3.05, 3.63) is 82.1 Å². The van der Waals surface area contributed by atoms with E-state index in [1.807, 2.05) is 6.07 Å². The molecule has 192 valence electrons. The minimum absolute atomic E-state index is 0.256. The molecule has 0 atom stereocenters. The van der Waals surface area contributed by atoms with E-state index in [9.17, 15) is 4.79 Å². The Morgan fingerprint density at radius 1 is 0.892 bits per heavy atom. The molecule has 37 heavy (non-hydrogen) atoms. The number of piperazine rings is 1. The lowest BCUT2D eigenvalue weighted by molar-refractivity contribution is 0.122. The van der Waals surface area contributed by atoms with Gasteiger partial charge in [0.25, 0.3) is 5.56 Å². The number of nitrogens with two attached hydrogens (primary N) is 2. The van der Waals surface area contributed by atoms with Gasteiger partial charge in [0.2, 0.25) is 0 Å². The van der Waals surface area contributed by atoms with Crippen molar-refractivity contribution in [2.24, 2.45) is 0 Å². The van der Waals surface area contributed by atoms with Crippen LogP contribution in [0.1, 0.15) is 24.5 Å². The van der Waals surface area contributed by atoms with Crippen LogP contribution in [-0.4, -0.2) is 52.6 Å². The second kappa shape index (κ2) is 11.0. The molecule has 0 saturated carbocycles. The highest BCUT2D eigenvalue weighted by atomic mass is 16.5. The molecule has 1 aliphatic heterocycles. The summed E-state index contributed by atoms with van der Waals surface area (Å²) in [6, 6.07) is 20.0. The molecule has 1 aromatic heterocycles. The monoisotopic (exact) mass is 498 g/mol. The first-order valence-corrected chi connectivity index (χ1v) is 12.8. The fourth-order valence-corrected chi connectivity index (χ4v) is 4.75. The molecule has 0 amide bonds. The molecule has 0 aliphatic carbocycles. The van der Waals surface area contributed by atoms with E-state index in [0.29, 0.717) is 40.5 Å². The number of hydrogen-bond acceptors (Lipinski definition) is 7. The normalized spacial score (nSPS) is 14.7. The fraction of sp³-hybridized carbons (Fsp3) is 0.310. The number of fused-ring (bicyclic) bond motifs is 1. The molecule has 4 aromatic rings. The maximum Gasteiger partial charge on any atom is 0.259 e. The van der Waals surface area contributed by atoms with E-state index in [-0.39, 0.29) is 5.56 Å². The minimum atomic E-state index is -0.256. The number of benzene rings is 3. The van der Waals surface area contributed by atoms with Crippen LogP contribution in [0.4, 0.5) is 11.4 Å². The molecule has 1 fully saturated rings. The molecule has 8 nitrogen and oxygen atoms in total. The Kier molecular flexibility index (Phi) is 7.39. The van der Waals surface area contributed by atoms with Crippen LogP contribution in [0.15, 0.2) is 65.5 Å². The van der Waals surface area contributed by atoms with Crippen molar-refractivity contribution in [2.45, 2.75) is 26.4 Å². The highest BCUT2D eigenvalue weighted by Crippen LogP contribution is 2.31. The van der Waals surface area contributed by atoms with Gasteiger partial charge in [-0.1, -0.05) is 43.3 Å². The van der Waals surface area contributed by atoms with Crippen molar-refractivity contribution in [3.63, 3.8) is 0 Å². The number of nitrogens with zero attached hydrogens (tertiary/aromatic N) is 3. The lowest BCUT2D eigenvalue weighted by Crippen LogP contribution is -2.45. The van der Waals surface area contributed by atoms with Crippen LogP contribution >= 0.6 is 0 Å². The molecular formula is C29H34N6O2. The van der Waals surface area contributed by atoms with Crippen molar-refractivity contribution in [1.29, 1.82) is 0 Å². The summed E-state index contributed by atoms with van der Waals surface area (Å²) in [5.41, 5.74) is 16.2. The van der Waals surface area contributed by atoms with Gasteiger partial charge in [0.1, 0.15) is 11.6 Å². The minimum Gasteiger partial charge on any atom is -0.493 e. The van der Waals surface area contributed by atoms with Crippen molar-refractivity contribution in [1.82, 2.24) is 19.8 Å². The molecule has 8 heteroatoms. The third-order valence-corrected chi connectivity index (χ3v) is 6.79. The molecular weight excluding hydrogens is 464 g/mol. The van der Waals surface area contributed by atoms with Gasteiger partial charge < -0.3 is 21.2 Å². The van der Waals surface area contributed by atoms with Gasteiger partial charge in [0, 0.05) is 39.3 Å². The Morgan fingerprint density at radius 3 is 2.27 bits per heavy atom. The van der Waals surface area contributed by atoms with Crippen LogP contribution < -0.4 is 21.8 Å². The van der Waals surface area contributed by atoms with E-state index in [1.165, 1.54) is 5.56 Å². The van der Waals surface area contributed by atoms with Gasteiger partial charge in [0.05, 0.1) is 34.4 Å². The first-order chi connectivity index (χ1) is 18.0. The zero-order valence-electron chi connectivity index (χ0n) is 21.2. The number of nitrogen functional groups attached to an aromatic ring is 2. The molecule has 0 spiro atoms. The number of hydrogen-bond donors (Lipinski definition) is 3. The lowest BCUT2D eigenvalue weighted by atomic mass is 10.1. The zero-order valence-corrected chi connectivity index (χ0v) is 21.2. The molecule has 1 saturated heterocycles. The number of aromatic nitrogens is 2. The molecule has 0 unspecified atom stereocenters. The van der Waals surface area contributed by atoms with Crippen LogP contribution in [0.25, 0.3) is 22.3 Å². The first-order valence-electron chi connectivity index (χ1n) is 12.8. The number of nitrogens with one attached hydrogen (secondary N) is 1. The van der Waals surface area contributed by atoms with Crippen LogP contribution in [0.3, 0.4) is 0 Å². The summed E-state index contributed by atoms with van der Waals surface area (Å²) in [4.78, 5) is 25.5. The number of ether oxygens (including phenoxy) is 1. The lowest BCUT2D eigenvalue weighted by Gasteiger charge is -2.34. The van der Waals surface area contributed by atoms with Crippen LogP contribution in [0.5, 0.6) is 5.75 Å². The van der Waals surface area contributed by atoms with Gasteiger partial charge in [-0.2, -0.15) is 0 Å². The molecule has 2 heterocycles. The Balaban J connectivity index is 1.36. The van der Waals surface area contributed by atoms with Crippen molar-refractivity contribution in [2.75, 3.05) is 44.3 Å². The molecule has 0 bridgehead atoms. The van der Waals surface area contributed by atoms with E-state index < -0.39 is 0 Å². The molecule has 5 rings (SSSR count). The van der Waals surface area contributed by atoms with Crippen LogP contribution in [-0.2, 0) is 13.1 Å². The summed E-state index contributed by atoms with van der Waals surface area (Å²) in [5.74, 6) is 1.16. The second-order valence-corrected chi connectivity index (χ2v) is 9.63. The predicted molar refractivity (Wildman–Crippen MR) is 149 cm³/mol. The summed E-state index contributed by atoms with van der Waals surface area (Å²) in [7, 11) is 0. The summed E-state index contributed by atoms with van der Waals surface area (Å²) in [5, 5.41) is 0.413. The van der Waals surface area contributed by atoms with Crippen molar-refractivity contribution in [3.8, 4) is 17.1 Å². The van der Waals surface area contributed by atoms with Gasteiger partial charge in [-0.25, -0.2) is 4.98 Å². The molecule has 5 N–H and O–H groups in total. The Hall–Kier alpha value is -3.88. The third kappa shape index (κ3) is 5.76. The molecule has 0 radical (unpaired) electrons. The fourth-order valence-electron chi connectivity index (χ4n) is 4.75. The zero-order chi connectivity index (χ0) is 25.8. The van der Waals surface area contributed by atoms with Gasteiger partial charge in [-0.05, 0) is 41.8 Å². The molecule has 1 aliphatic rings. The quantitative estimate of drug-likeness (QED) is 0.316.